The lowest BCUT2D eigenvalue weighted by molar-refractivity contribution is 0.281. The van der Waals surface area contributed by atoms with Gasteiger partial charge in [0.05, 0.1) is 11.5 Å². The Hall–Kier alpha value is -0.560. The van der Waals surface area contributed by atoms with Gasteiger partial charge in [-0.2, -0.15) is 11.8 Å². The summed E-state index contributed by atoms with van der Waals surface area (Å²) in [6.45, 7) is 3.91. The first kappa shape index (κ1) is 16.5. The number of thioether (sulfide) groups is 1. The number of aliphatic hydroxyl groups is 1. The molecule has 0 aromatic heterocycles. The lowest BCUT2D eigenvalue weighted by atomic mass is 10.1. The SMILES string of the molecule is CSCCCNS(=O)(=O)c1cc(CO)cc(C)c1C. The molecule has 108 valence electrons. The van der Waals surface area contributed by atoms with Gasteiger partial charge in [0.2, 0.25) is 10.0 Å². The Morgan fingerprint density at radius 1 is 1.32 bits per heavy atom. The summed E-state index contributed by atoms with van der Waals surface area (Å²) in [5, 5.41) is 9.17. The molecule has 0 fully saturated rings. The van der Waals surface area contributed by atoms with E-state index in [0.29, 0.717) is 12.1 Å². The van der Waals surface area contributed by atoms with E-state index >= 15 is 0 Å². The molecule has 19 heavy (non-hydrogen) atoms. The molecule has 0 aliphatic rings. The second-order valence-corrected chi connectivity index (χ2v) is 7.16. The molecular formula is C13H21NO3S2. The Kier molecular flexibility index (Phi) is 6.32. The summed E-state index contributed by atoms with van der Waals surface area (Å²) in [6, 6.07) is 3.35. The summed E-state index contributed by atoms with van der Waals surface area (Å²) >= 11 is 1.69. The van der Waals surface area contributed by atoms with E-state index in [9.17, 15) is 13.5 Å². The molecule has 0 heterocycles. The smallest absolute Gasteiger partial charge is 0.240 e. The zero-order valence-electron chi connectivity index (χ0n) is 11.6. The maximum Gasteiger partial charge on any atom is 0.240 e. The van der Waals surface area contributed by atoms with E-state index in [4.69, 9.17) is 0 Å². The zero-order chi connectivity index (χ0) is 14.5. The maximum atomic E-state index is 12.2. The van der Waals surface area contributed by atoms with Gasteiger partial charge in [-0.3, -0.25) is 0 Å². The number of sulfonamides is 1. The highest BCUT2D eigenvalue weighted by atomic mass is 32.2. The topological polar surface area (TPSA) is 66.4 Å². The fourth-order valence-electron chi connectivity index (χ4n) is 1.77. The van der Waals surface area contributed by atoms with Gasteiger partial charge in [-0.1, -0.05) is 6.07 Å². The highest BCUT2D eigenvalue weighted by molar-refractivity contribution is 7.98. The Morgan fingerprint density at radius 3 is 2.58 bits per heavy atom. The van der Waals surface area contributed by atoms with Crippen molar-refractivity contribution in [2.24, 2.45) is 0 Å². The standard InChI is InChI=1S/C13H21NO3S2/c1-10-7-12(9-15)8-13(11(10)2)19(16,17)14-5-4-6-18-3/h7-8,14-15H,4-6,9H2,1-3H3. The van der Waals surface area contributed by atoms with Gasteiger partial charge in [-0.05, 0) is 55.0 Å². The monoisotopic (exact) mass is 303 g/mol. The van der Waals surface area contributed by atoms with Crippen molar-refractivity contribution < 1.29 is 13.5 Å². The Labute approximate surface area is 119 Å². The average Bonchev–Trinajstić information content (AvgIpc) is 2.37. The Bertz CT molecular complexity index is 527. The number of nitrogens with one attached hydrogen (secondary N) is 1. The Balaban J connectivity index is 2.97. The summed E-state index contributed by atoms with van der Waals surface area (Å²) < 4.78 is 27.1. The predicted molar refractivity (Wildman–Crippen MR) is 80.0 cm³/mol. The highest BCUT2D eigenvalue weighted by Crippen LogP contribution is 2.21. The molecule has 0 saturated carbocycles. The molecule has 0 spiro atoms. The lowest BCUT2D eigenvalue weighted by Gasteiger charge is -2.12. The molecule has 1 rings (SSSR count). The lowest BCUT2D eigenvalue weighted by Crippen LogP contribution is -2.26. The first-order valence-corrected chi connectivity index (χ1v) is 8.99. The third-order valence-electron chi connectivity index (χ3n) is 2.97. The minimum Gasteiger partial charge on any atom is -0.392 e. The fourth-order valence-corrected chi connectivity index (χ4v) is 3.64. The van der Waals surface area contributed by atoms with Crippen molar-refractivity contribution in [3.05, 3.63) is 28.8 Å². The third kappa shape index (κ3) is 4.49. The van der Waals surface area contributed by atoms with Crippen molar-refractivity contribution >= 4 is 21.8 Å². The summed E-state index contributed by atoms with van der Waals surface area (Å²) in [7, 11) is -3.50. The van der Waals surface area contributed by atoms with Gasteiger partial charge in [0.25, 0.3) is 0 Å². The molecule has 6 heteroatoms. The number of hydrogen-bond acceptors (Lipinski definition) is 4. The summed E-state index contributed by atoms with van der Waals surface area (Å²) in [6.07, 6.45) is 2.80. The summed E-state index contributed by atoms with van der Waals surface area (Å²) in [5.41, 5.74) is 2.22. The predicted octanol–water partition coefficient (Wildman–Crippen LogP) is 1.83. The van der Waals surface area contributed by atoms with Crippen LogP contribution in [0.5, 0.6) is 0 Å². The van der Waals surface area contributed by atoms with Gasteiger partial charge >= 0.3 is 0 Å². The maximum absolute atomic E-state index is 12.2. The van der Waals surface area contributed by atoms with E-state index in [0.717, 1.165) is 23.3 Å². The molecule has 0 saturated heterocycles. The van der Waals surface area contributed by atoms with Crippen LogP contribution < -0.4 is 4.72 Å². The van der Waals surface area contributed by atoms with E-state index in [2.05, 4.69) is 4.72 Å². The van der Waals surface area contributed by atoms with Crippen molar-refractivity contribution in [2.75, 3.05) is 18.6 Å². The molecule has 0 amide bonds. The number of rotatable bonds is 7. The van der Waals surface area contributed by atoms with E-state index in [1.807, 2.05) is 19.2 Å². The van der Waals surface area contributed by atoms with Crippen LogP contribution >= 0.6 is 11.8 Å². The van der Waals surface area contributed by atoms with Crippen LogP contribution in [0.15, 0.2) is 17.0 Å². The number of aliphatic hydroxyl groups excluding tert-OH is 1. The molecule has 0 unspecified atom stereocenters. The minimum absolute atomic E-state index is 0.157. The van der Waals surface area contributed by atoms with E-state index in [1.165, 1.54) is 0 Å². The molecule has 0 bridgehead atoms. The van der Waals surface area contributed by atoms with Crippen molar-refractivity contribution in [3.63, 3.8) is 0 Å². The normalized spacial score (nSPS) is 11.8. The molecule has 1 aromatic carbocycles. The summed E-state index contributed by atoms with van der Waals surface area (Å²) in [5.74, 6) is 0.928. The summed E-state index contributed by atoms with van der Waals surface area (Å²) in [4.78, 5) is 0.265. The minimum atomic E-state index is -3.50. The van der Waals surface area contributed by atoms with Gasteiger partial charge in [0, 0.05) is 6.54 Å². The van der Waals surface area contributed by atoms with Gasteiger partial charge in [0.1, 0.15) is 0 Å². The molecular weight excluding hydrogens is 282 g/mol. The van der Waals surface area contributed by atoms with Gasteiger partial charge in [-0.15, -0.1) is 0 Å². The van der Waals surface area contributed by atoms with E-state index < -0.39 is 10.0 Å². The molecule has 0 aliphatic carbocycles. The number of hydrogen-bond donors (Lipinski definition) is 2. The van der Waals surface area contributed by atoms with Crippen molar-refractivity contribution in [1.29, 1.82) is 0 Å². The second-order valence-electron chi connectivity index (χ2n) is 4.44. The van der Waals surface area contributed by atoms with E-state index in [1.54, 1.807) is 24.8 Å². The number of aryl methyl sites for hydroxylation is 1. The van der Waals surface area contributed by atoms with Crippen LogP contribution in [0.4, 0.5) is 0 Å². The van der Waals surface area contributed by atoms with Crippen molar-refractivity contribution in [3.8, 4) is 0 Å². The first-order valence-electron chi connectivity index (χ1n) is 6.12. The Morgan fingerprint density at radius 2 is 2.00 bits per heavy atom. The fraction of sp³-hybridized carbons (Fsp3) is 0.538. The molecule has 0 atom stereocenters. The van der Waals surface area contributed by atoms with Crippen LogP contribution in [0.25, 0.3) is 0 Å². The van der Waals surface area contributed by atoms with Crippen LogP contribution in [0.2, 0.25) is 0 Å². The average molecular weight is 303 g/mol. The second kappa shape index (κ2) is 7.28. The van der Waals surface area contributed by atoms with Crippen LogP contribution in [-0.2, 0) is 16.6 Å². The van der Waals surface area contributed by atoms with Crippen molar-refractivity contribution in [1.82, 2.24) is 4.72 Å². The van der Waals surface area contributed by atoms with Crippen LogP contribution in [0, 0.1) is 13.8 Å². The molecule has 1 aromatic rings. The largest absolute Gasteiger partial charge is 0.392 e. The van der Waals surface area contributed by atoms with Crippen LogP contribution in [0.1, 0.15) is 23.1 Å². The molecule has 2 N–H and O–H groups in total. The first-order chi connectivity index (χ1) is 8.92. The third-order valence-corrected chi connectivity index (χ3v) is 5.25. The van der Waals surface area contributed by atoms with Gasteiger partial charge < -0.3 is 5.11 Å². The molecule has 0 radical (unpaired) electrons. The highest BCUT2D eigenvalue weighted by Gasteiger charge is 2.18. The molecule has 0 aliphatic heterocycles. The quantitative estimate of drug-likeness (QED) is 0.754. The van der Waals surface area contributed by atoms with E-state index in [-0.39, 0.29) is 11.5 Å². The molecule has 4 nitrogen and oxygen atoms in total. The number of benzene rings is 1. The van der Waals surface area contributed by atoms with Gasteiger partial charge in [-0.25, -0.2) is 13.1 Å². The van der Waals surface area contributed by atoms with Crippen LogP contribution in [0.3, 0.4) is 0 Å². The van der Waals surface area contributed by atoms with Crippen molar-refractivity contribution in [2.45, 2.75) is 31.8 Å². The zero-order valence-corrected chi connectivity index (χ0v) is 13.2. The van der Waals surface area contributed by atoms with Gasteiger partial charge in [0.15, 0.2) is 0 Å². The van der Waals surface area contributed by atoms with Crippen LogP contribution in [-0.4, -0.2) is 32.1 Å².